The number of hydrogen-bond donors (Lipinski definition) is 2. The zero-order valence-electron chi connectivity index (χ0n) is 17.4. The third-order valence-electron chi connectivity index (χ3n) is 6.52. The van der Waals surface area contributed by atoms with E-state index in [1.54, 1.807) is 13.3 Å². The molecule has 160 valence electrons. The van der Waals surface area contributed by atoms with Gasteiger partial charge in [-0.1, -0.05) is 18.2 Å². The maximum Gasteiger partial charge on any atom is 0.412 e. The van der Waals surface area contributed by atoms with Crippen molar-refractivity contribution in [3.05, 3.63) is 52.3 Å². The third kappa shape index (κ3) is 3.52. The molecule has 1 aliphatic carbocycles. The molecule has 31 heavy (non-hydrogen) atoms. The number of ether oxygens (including phenoxy) is 1. The van der Waals surface area contributed by atoms with Crippen LogP contribution in [0.2, 0.25) is 0 Å². The summed E-state index contributed by atoms with van der Waals surface area (Å²) in [5.74, 6) is 1.43. The third-order valence-corrected chi connectivity index (χ3v) is 6.52. The molecule has 0 aromatic carbocycles. The first-order valence-corrected chi connectivity index (χ1v) is 10.7. The largest absolute Gasteiger partial charge is 0.481 e. The molecule has 2 aliphatic heterocycles. The second-order valence-corrected chi connectivity index (χ2v) is 8.19. The Morgan fingerprint density at radius 2 is 2.03 bits per heavy atom. The number of carboxylic acid groups (broad SMARTS) is 1. The lowest BCUT2D eigenvalue weighted by molar-refractivity contribution is 0.202. The predicted octanol–water partition coefficient (Wildman–Crippen LogP) is 3.30. The molecular formula is C23H25N5O3. The van der Waals surface area contributed by atoms with Gasteiger partial charge in [0.05, 0.1) is 36.2 Å². The van der Waals surface area contributed by atoms with Crippen LogP contribution in [0.3, 0.4) is 0 Å². The lowest BCUT2D eigenvalue weighted by atomic mass is 9.77. The van der Waals surface area contributed by atoms with Gasteiger partial charge >= 0.3 is 6.09 Å². The Labute approximate surface area is 179 Å². The SMILES string of the molecule is COc1cccc(C2CCC(C3=c4[nH]c5c(c4N(C(=O)O)CC=C3)CN=NC=5)CC2)n1. The van der Waals surface area contributed by atoms with E-state index in [1.165, 1.54) is 10.5 Å². The monoisotopic (exact) mass is 419 g/mol. The minimum Gasteiger partial charge on any atom is -0.481 e. The van der Waals surface area contributed by atoms with Gasteiger partial charge in [-0.2, -0.15) is 10.2 Å². The fourth-order valence-corrected chi connectivity index (χ4v) is 4.98. The van der Waals surface area contributed by atoms with Crippen molar-refractivity contribution in [3.8, 4) is 5.88 Å². The van der Waals surface area contributed by atoms with E-state index in [4.69, 9.17) is 4.74 Å². The first kappa shape index (κ1) is 19.5. The summed E-state index contributed by atoms with van der Waals surface area (Å²) in [5.41, 5.74) is 3.90. The second kappa shape index (κ2) is 8.02. The number of nitrogens with zero attached hydrogens (tertiary/aromatic N) is 4. The lowest BCUT2D eigenvalue weighted by Gasteiger charge is -2.29. The molecule has 8 nitrogen and oxygen atoms in total. The number of carbonyl (C=O) groups is 1. The standard InChI is InChI=1S/C23H25N5O3/c1-31-20-6-2-5-18(26-20)15-9-7-14(8-10-15)16-4-3-11-28(23(29)30)22-17-12-24-25-13-19(17)27-21(16)22/h2-6,13-15,27H,7-12H2,1H3,(H,29,30). The summed E-state index contributed by atoms with van der Waals surface area (Å²) in [5, 5.41) is 19.7. The number of methoxy groups -OCH3 is 1. The molecule has 8 heteroatoms. The van der Waals surface area contributed by atoms with E-state index >= 15 is 0 Å². The van der Waals surface area contributed by atoms with Crippen LogP contribution in [0.4, 0.5) is 10.5 Å². The van der Waals surface area contributed by atoms with E-state index in [9.17, 15) is 9.90 Å². The predicted molar refractivity (Wildman–Crippen MR) is 116 cm³/mol. The van der Waals surface area contributed by atoms with Gasteiger partial charge in [0.1, 0.15) is 0 Å². The highest BCUT2D eigenvalue weighted by atomic mass is 16.5. The van der Waals surface area contributed by atoms with Crippen LogP contribution >= 0.6 is 0 Å². The molecule has 0 saturated heterocycles. The van der Waals surface area contributed by atoms with E-state index in [1.807, 2.05) is 18.2 Å². The average molecular weight is 419 g/mol. The Bertz CT molecular complexity index is 1190. The van der Waals surface area contributed by atoms with Crippen molar-refractivity contribution in [1.82, 2.24) is 9.97 Å². The molecule has 1 fully saturated rings. The van der Waals surface area contributed by atoms with Crippen molar-refractivity contribution in [2.75, 3.05) is 18.6 Å². The molecule has 0 unspecified atom stereocenters. The molecule has 1 saturated carbocycles. The van der Waals surface area contributed by atoms with Crippen molar-refractivity contribution in [2.45, 2.75) is 38.1 Å². The fourth-order valence-electron chi connectivity index (χ4n) is 4.98. The number of amides is 1. The molecule has 0 bridgehead atoms. The maximum atomic E-state index is 12.0. The van der Waals surface area contributed by atoms with Crippen molar-refractivity contribution in [2.24, 2.45) is 16.1 Å². The first-order valence-electron chi connectivity index (χ1n) is 10.7. The number of H-pyrrole nitrogens is 1. The van der Waals surface area contributed by atoms with Crippen molar-refractivity contribution in [3.63, 3.8) is 0 Å². The molecule has 0 radical (unpaired) electrons. The number of pyridine rings is 1. The van der Waals surface area contributed by atoms with Gasteiger partial charge in [-0.3, -0.25) is 4.90 Å². The molecule has 4 heterocycles. The Morgan fingerprint density at radius 1 is 1.23 bits per heavy atom. The zero-order chi connectivity index (χ0) is 21.4. The molecule has 0 atom stereocenters. The van der Waals surface area contributed by atoms with Crippen LogP contribution in [0.15, 0.2) is 40.6 Å². The van der Waals surface area contributed by atoms with E-state index in [-0.39, 0.29) is 0 Å². The molecule has 2 aromatic heterocycles. The van der Waals surface area contributed by atoms with Crippen LogP contribution in [0, 0.1) is 5.92 Å². The number of fused-ring (bicyclic) bond motifs is 3. The lowest BCUT2D eigenvalue weighted by Crippen LogP contribution is -2.33. The number of allylic oxidation sites excluding steroid dienone is 1. The normalized spacial score (nSPS) is 22.4. The van der Waals surface area contributed by atoms with E-state index in [0.717, 1.165) is 53.3 Å². The van der Waals surface area contributed by atoms with Crippen LogP contribution in [0.1, 0.15) is 42.9 Å². The number of anilines is 1. The summed E-state index contributed by atoms with van der Waals surface area (Å²) in [4.78, 5) is 21.5. The van der Waals surface area contributed by atoms with Gasteiger partial charge in [0, 0.05) is 29.8 Å². The average Bonchev–Trinajstić information content (AvgIpc) is 3.07. The smallest absolute Gasteiger partial charge is 0.412 e. The van der Waals surface area contributed by atoms with Gasteiger partial charge < -0.3 is 14.8 Å². The second-order valence-electron chi connectivity index (χ2n) is 8.19. The van der Waals surface area contributed by atoms with Gasteiger partial charge in [-0.15, -0.1) is 0 Å². The van der Waals surface area contributed by atoms with Gasteiger partial charge in [0.25, 0.3) is 0 Å². The fraction of sp³-hybridized carbons (Fsp3) is 0.391. The first-order chi connectivity index (χ1) is 15.2. The molecular weight excluding hydrogens is 394 g/mol. The summed E-state index contributed by atoms with van der Waals surface area (Å²) in [6, 6.07) is 5.95. The number of azo groups is 1. The van der Waals surface area contributed by atoms with Crippen molar-refractivity contribution in [1.29, 1.82) is 0 Å². The molecule has 5 rings (SSSR count). The topological polar surface area (TPSA) is 103 Å². The minimum atomic E-state index is -0.954. The van der Waals surface area contributed by atoms with Crippen LogP contribution in [-0.4, -0.2) is 34.8 Å². The number of aromatic amines is 1. The van der Waals surface area contributed by atoms with E-state index in [0.29, 0.717) is 30.8 Å². The number of rotatable bonds is 3. The summed E-state index contributed by atoms with van der Waals surface area (Å²) < 4.78 is 5.28. The molecule has 1 amide bonds. The van der Waals surface area contributed by atoms with Crippen LogP contribution in [0.5, 0.6) is 5.88 Å². The highest BCUT2D eigenvalue weighted by Crippen LogP contribution is 2.39. The quantitative estimate of drug-likeness (QED) is 0.797. The number of aromatic nitrogens is 2. The molecule has 0 spiro atoms. The minimum absolute atomic E-state index is 0.330. The Hall–Kier alpha value is -3.42. The van der Waals surface area contributed by atoms with E-state index in [2.05, 4.69) is 32.3 Å². The Morgan fingerprint density at radius 3 is 2.81 bits per heavy atom. The number of nitrogens with one attached hydrogen (secondary N) is 1. The summed E-state index contributed by atoms with van der Waals surface area (Å²) >= 11 is 0. The van der Waals surface area contributed by atoms with Gasteiger partial charge in [-0.25, -0.2) is 9.78 Å². The van der Waals surface area contributed by atoms with Crippen molar-refractivity contribution >= 4 is 23.6 Å². The highest BCUT2D eigenvalue weighted by Gasteiger charge is 2.30. The van der Waals surface area contributed by atoms with Crippen LogP contribution < -0.4 is 20.3 Å². The van der Waals surface area contributed by atoms with Crippen molar-refractivity contribution < 1.29 is 14.6 Å². The van der Waals surface area contributed by atoms with Gasteiger partial charge in [-0.05, 0) is 43.2 Å². The summed E-state index contributed by atoms with van der Waals surface area (Å²) in [6.07, 6.45) is 8.91. The molecule has 2 N–H and O–H groups in total. The maximum absolute atomic E-state index is 12.0. The zero-order valence-corrected chi connectivity index (χ0v) is 17.4. The van der Waals surface area contributed by atoms with Crippen LogP contribution in [-0.2, 0) is 6.54 Å². The Balaban J connectivity index is 1.49. The summed E-state index contributed by atoms with van der Waals surface area (Å²) in [6.45, 7) is 0.722. The molecule has 3 aliphatic rings. The highest BCUT2D eigenvalue weighted by molar-refractivity contribution is 5.89. The molecule has 2 aromatic rings. The Kier molecular flexibility index (Phi) is 5.05. The van der Waals surface area contributed by atoms with Crippen LogP contribution in [0.25, 0.3) is 11.8 Å². The van der Waals surface area contributed by atoms with E-state index < -0.39 is 6.09 Å². The summed E-state index contributed by atoms with van der Waals surface area (Å²) in [7, 11) is 1.64. The number of hydrogen-bond acceptors (Lipinski definition) is 5. The van der Waals surface area contributed by atoms with Gasteiger partial charge in [0.15, 0.2) is 0 Å². The van der Waals surface area contributed by atoms with Gasteiger partial charge in [0.2, 0.25) is 5.88 Å².